The smallest absolute Gasteiger partial charge is 0.229 e. The fourth-order valence-corrected chi connectivity index (χ4v) is 2.01. The van der Waals surface area contributed by atoms with Gasteiger partial charge in [0.2, 0.25) is 5.95 Å². The summed E-state index contributed by atoms with van der Waals surface area (Å²) in [5, 5.41) is 6.85. The van der Waals surface area contributed by atoms with Crippen molar-refractivity contribution in [3.8, 4) is 0 Å². The molecule has 0 fully saturated rings. The van der Waals surface area contributed by atoms with E-state index in [1.807, 2.05) is 24.3 Å². The molecule has 100 valence electrons. The van der Waals surface area contributed by atoms with Gasteiger partial charge in [-0.1, -0.05) is 24.3 Å². The van der Waals surface area contributed by atoms with E-state index in [4.69, 9.17) is 0 Å². The number of benzene rings is 2. The number of halogens is 1. The van der Waals surface area contributed by atoms with Crippen LogP contribution < -0.4 is 10.6 Å². The third-order valence-corrected chi connectivity index (χ3v) is 2.96. The minimum Gasteiger partial charge on any atom is -0.372 e. The zero-order chi connectivity index (χ0) is 13.9. The zero-order valence-corrected chi connectivity index (χ0v) is 10.9. The van der Waals surface area contributed by atoms with Crippen LogP contribution >= 0.6 is 0 Å². The summed E-state index contributed by atoms with van der Waals surface area (Å²) in [7, 11) is 1.79. The van der Waals surface area contributed by atoms with Gasteiger partial charge in [-0.05, 0) is 24.3 Å². The van der Waals surface area contributed by atoms with E-state index in [1.165, 1.54) is 6.07 Å². The molecule has 0 aliphatic carbocycles. The second-order valence-corrected chi connectivity index (χ2v) is 4.27. The minimum atomic E-state index is -0.338. The fraction of sp³-hybridized carbons (Fsp3) is 0.0667. The first-order chi connectivity index (χ1) is 9.78. The molecule has 0 spiro atoms. The Hall–Kier alpha value is -2.69. The van der Waals surface area contributed by atoms with Gasteiger partial charge in [-0.15, -0.1) is 0 Å². The van der Waals surface area contributed by atoms with Crippen LogP contribution in [0.25, 0.3) is 10.9 Å². The Kier molecular flexibility index (Phi) is 3.16. The lowest BCUT2D eigenvalue weighted by Gasteiger charge is -2.10. The van der Waals surface area contributed by atoms with Crippen molar-refractivity contribution < 1.29 is 4.39 Å². The van der Waals surface area contributed by atoms with Crippen molar-refractivity contribution in [1.29, 1.82) is 0 Å². The number of hydrogen-bond donors (Lipinski definition) is 2. The average Bonchev–Trinajstić information content (AvgIpc) is 2.49. The van der Waals surface area contributed by atoms with Gasteiger partial charge < -0.3 is 10.6 Å². The molecule has 2 N–H and O–H groups in total. The normalized spacial score (nSPS) is 10.5. The predicted octanol–water partition coefficient (Wildman–Crippen LogP) is 3.55. The van der Waals surface area contributed by atoms with Crippen molar-refractivity contribution in [2.75, 3.05) is 17.7 Å². The molecule has 0 unspecified atom stereocenters. The maximum absolute atomic E-state index is 13.6. The Labute approximate surface area is 115 Å². The van der Waals surface area contributed by atoms with E-state index in [0.29, 0.717) is 17.5 Å². The molecule has 3 aromatic rings. The lowest BCUT2D eigenvalue weighted by atomic mass is 10.2. The Morgan fingerprint density at radius 3 is 2.50 bits per heavy atom. The third kappa shape index (κ3) is 2.25. The van der Waals surface area contributed by atoms with Crippen LogP contribution in [0.3, 0.4) is 0 Å². The maximum atomic E-state index is 13.6. The number of anilines is 3. The zero-order valence-electron chi connectivity index (χ0n) is 10.9. The first kappa shape index (κ1) is 12.3. The highest BCUT2D eigenvalue weighted by Crippen LogP contribution is 2.23. The van der Waals surface area contributed by atoms with Crippen LogP contribution in [0.1, 0.15) is 0 Å². The number of aromatic nitrogens is 2. The van der Waals surface area contributed by atoms with Gasteiger partial charge in [0.15, 0.2) is 0 Å². The molecule has 3 rings (SSSR count). The summed E-state index contributed by atoms with van der Waals surface area (Å²) in [5.41, 5.74) is 1.15. The number of nitrogens with zero attached hydrogens (tertiary/aromatic N) is 2. The second kappa shape index (κ2) is 5.13. The molecule has 0 amide bonds. The van der Waals surface area contributed by atoms with Gasteiger partial charge in [0.25, 0.3) is 0 Å². The molecule has 0 saturated heterocycles. The van der Waals surface area contributed by atoms with Crippen molar-refractivity contribution in [1.82, 2.24) is 9.97 Å². The molecular formula is C15H13FN4. The Balaban J connectivity index is 2.06. The van der Waals surface area contributed by atoms with Gasteiger partial charge in [-0.25, -0.2) is 9.37 Å². The summed E-state index contributed by atoms with van der Waals surface area (Å²) in [6.07, 6.45) is 0. The van der Waals surface area contributed by atoms with Gasteiger partial charge in [-0.2, -0.15) is 4.98 Å². The van der Waals surface area contributed by atoms with E-state index in [-0.39, 0.29) is 5.82 Å². The quantitative estimate of drug-likeness (QED) is 0.762. The van der Waals surface area contributed by atoms with E-state index in [9.17, 15) is 4.39 Å². The topological polar surface area (TPSA) is 49.8 Å². The number of fused-ring (bicyclic) bond motifs is 1. The summed E-state index contributed by atoms with van der Waals surface area (Å²) in [5.74, 6) is 0.725. The summed E-state index contributed by atoms with van der Waals surface area (Å²) < 4.78 is 13.6. The molecule has 2 aromatic carbocycles. The second-order valence-electron chi connectivity index (χ2n) is 4.27. The average molecular weight is 268 g/mol. The van der Waals surface area contributed by atoms with E-state index >= 15 is 0 Å². The molecular weight excluding hydrogens is 255 g/mol. The van der Waals surface area contributed by atoms with E-state index in [1.54, 1.807) is 25.2 Å². The molecule has 5 heteroatoms. The van der Waals surface area contributed by atoms with Crippen molar-refractivity contribution in [3.63, 3.8) is 0 Å². The summed E-state index contributed by atoms with van der Waals surface area (Å²) in [4.78, 5) is 8.75. The highest BCUT2D eigenvalue weighted by atomic mass is 19.1. The molecule has 1 heterocycles. The number of rotatable bonds is 3. The molecule has 1 aromatic heterocycles. The molecule has 0 aliphatic rings. The predicted molar refractivity (Wildman–Crippen MR) is 78.8 cm³/mol. The molecule has 0 atom stereocenters. The fourth-order valence-electron chi connectivity index (χ4n) is 2.01. The SMILES string of the molecule is CNc1nc(Nc2ccccc2F)nc2ccccc12. The summed E-state index contributed by atoms with van der Waals surface area (Å²) in [6.45, 7) is 0. The van der Waals surface area contributed by atoms with Crippen LogP contribution in [0, 0.1) is 5.82 Å². The molecule has 0 bridgehead atoms. The molecule has 0 aliphatic heterocycles. The molecule has 4 nitrogen and oxygen atoms in total. The van der Waals surface area contributed by atoms with Gasteiger partial charge in [0.1, 0.15) is 11.6 Å². The van der Waals surface area contributed by atoms with E-state index in [0.717, 1.165) is 10.9 Å². The molecule has 0 saturated carbocycles. The lowest BCUT2D eigenvalue weighted by molar-refractivity contribution is 0.631. The Morgan fingerprint density at radius 2 is 1.70 bits per heavy atom. The van der Waals surface area contributed by atoms with Crippen LogP contribution in [-0.2, 0) is 0 Å². The van der Waals surface area contributed by atoms with Gasteiger partial charge >= 0.3 is 0 Å². The lowest BCUT2D eigenvalue weighted by Crippen LogP contribution is -2.03. The summed E-state index contributed by atoms with van der Waals surface area (Å²) in [6, 6.07) is 14.1. The standard InChI is InChI=1S/C15H13FN4/c1-17-14-10-6-2-4-8-12(10)18-15(20-14)19-13-9-5-3-7-11(13)16/h2-9H,1H3,(H2,17,18,19,20). The van der Waals surface area contributed by atoms with Crippen LogP contribution in [0.5, 0.6) is 0 Å². The van der Waals surface area contributed by atoms with Crippen molar-refractivity contribution in [2.45, 2.75) is 0 Å². The highest BCUT2D eigenvalue weighted by molar-refractivity contribution is 5.90. The third-order valence-electron chi connectivity index (χ3n) is 2.96. The van der Waals surface area contributed by atoms with E-state index in [2.05, 4.69) is 20.6 Å². The van der Waals surface area contributed by atoms with Crippen molar-refractivity contribution in [3.05, 3.63) is 54.3 Å². The highest BCUT2D eigenvalue weighted by Gasteiger charge is 2.08. The first-order valence-corrected chi connectivity index (χ1v) is 6.24. The van der Waals surface area contributed by atoms with Gasteiger partial charge in [0, 0.05) is 12.4 Å². The minimum absolute atomic E-state index is 0.338. The Bertz CT molecular complexity index is 758. The monoisotopic (exact) mass is 268 g/mol. The van der Waals surface area contributed by atoms with Crippen LogP contribution in [-0.4, -0.2) is 17.0 Å². The van der Waals surface area contributed by atoms with Crippen LogP contribution in [0.15, 0.2) is 48.5 Å². The van der Waals surface area contributed by atoms with Gasteiger partial charge in [0.05, 0.1) is 11.2 Å². The maximum Gasteiger partial charge on any atom is 0.229 e. The largest absolute Gasteiger partial charge is 0.372 e. The van der Waals surface area contributed by atoms with Crippen molar-refractivity contribution in [2.24, 2.45) is 0 Å². The first-order valence-electron chi connectivity index (χ1n) is 6.24. The van der Waals surface area contributed by atoms with Gasteiger partial charge in [-0.3, -0.25) is 0 Å². The number of hydrogen-bond acceptors (Lipinski definition) is 4. The number of nitrogens with one attached hydrogen (secondary N) is 2. The van der Waals surface area contributed by atoms with Crippen LogP contribution in [0.4, 0.5) is 21.8 Å². The van der Waals surface area contributed by atoms with Crippen molar-refractivity contribution >= 4 is 28.4 Å². The van der Waals surface area contributed by atoms with E-state index < -0.39 is 0 Å². The van der Waals surface area contributed by atoms with Crippen LogP contribution in [0.2, 0.25) is 0 Å². The number of para-hydroxylation sites is 2. The molecule has 0 radical (unpaired) electrons. The Morgan fingerprint density at radius 1 is 0.950 bits per heavy atom. The molecule has 20 heavy (non-hydrogen) atoms. The summed E-state index contributed by atoms with van der Waals surface area (Å²) >= 11 is 0.